The van der Waals surface area contributed by atoms with Crippen LogP contribution in [0.2, 0.25) is 0 Å². The van der Waals surface area contributed by atoms with Crippen molar-refractivity contribution in [2.75, 3.05) is 13.1 Å². The molecule has 0 radical (unpaired) electrons. The monoisotopic (exact) mass is 333 g/mol. The first-order valence-electron chi connectivity index (χ1n) is 8.73. The predicted molar refractivity (Wildman–Crippen MR) is 94.1 cm³/mol. The zero-order valence-electron chi connectivity index (χ0n) is 13.7. The first-order chi connectivity index (χ1) is 12.3. The van der Waals surface area contributed by atoms with Crippen molar-refractivity contribution in [3.63, 3.8) is 0 Å². The van der Waals surface area contributed by atoms with E-state index in [2.05, 4.69) is 40.1 Å². The largest absolute Gasteiger partial charge is 0.356 e. The fraction of sp³-hybridized carbons (Fsp3) is 0.300. The van der Waals surface area contributed by atoms with E-state index in [0.717, 1.165) is 24.1 Å². The third-order valence-corrected chi connectivity index (χ3v) is 5.52. The van der Waals surface area contributed by atoms with Gasteiger partial charge in [-0.05, 0) is 23.3 Å². The van der Waals surface area contributed by atoms with Crippen LogP contribution in [0.1, 0.15) is 28.8 Å². The Labute approximate surface area is 145 Å². The van der Waals surface area contributed by atoms with Crippen molar-refractivity contribution in [1.29, 1.82) is 0 Å². The first kappa shape index (κ1) is 14.7. The molecule has 5 rings (SSSR count). The third-order valence-electron chi connectivity index (χ3n) is 5.52. The van der Waals surface area contributed by atoms with Gasteiger partial charge in [0.25, 0.3) is 0 Å². The molecule has 2 N–H and O–H groups in total. The molecule has 3 atom stereocenters. The summed E-state index contributed by atoms with van der Waals surface area (Å²) in [4.78, 5) is 12.7. The lowest BCUT2D eigenvalue weighted by molar-refractivity contribution is -0.121. The van der Waals surface area contributed by atoms with Crippen LogP contribution in [0.5, 0.6) is 0 Å². The Balaban J connectivity index is 1.39. The topological polar surface area (TPSA) is 67.2 Å². The molecule has 2 aromatic carbocycles. The van der Waals surface area contributed by atoms with Crippen LogP contribution in [-0.2, 0) is 11.2 Å². The molecular weight excluding hydrogens is 314 g/mol. The van der Waals surface area contributed by atoms with Crippen LogP contribution in [0.25, 0.3) is 11.0 Å². The van der Waals surface area contributed by atoms with Crippen LogP contribution in [0.15, 0.2) is 53.1 Å². The van der Waals surface area contributed by atoms with Crippen molar-refractivity contribution in [1.82, 2.24) is 15.8 Å². The Morgan fingerprint density at radius 3 is 2.84 bits per heavy atom. The number of para-hydroxylation sites is 1. The summed E-state index contributed by atoms with van der Waals surface area (Å²) in [6.07, 6.45) is 0.237. The number of hydrogen-bond acceptors (Lipinski definition) is 4. The van der Waals surface area contributed by atoms with Crippen molar-refractivity contribution in [2.24, 2.45) is 5.92 Å². The highest BCUT2D eigenvalue weighted by Crippen LogP contribution is 2.46. The van der Waals surface area contributed by atoms with Crippen molar-refractivity contribution in [3.8, 4) is 0 Å². The van der Waals surface area contributed by atoms with Gasteiger partial charge in [-0.2, -0.15) is 0 Å². The number of hydrogen-bond donors (Lipinski definition) is 2. The van der Waals surface area contributed by atoms with Gasteiger partial charge in [0.1, 0.15) is 5.69 Å². The average Bonchev–Trinajstić information content (AvgIpc) is 3.33. The normalized spacial score (nSPS) is 24.2. The molecule has 1 saturated heterocycles. The third kappa shape index (κ3) is 2.35. The predicted octanol–water partition coefficient (Wildman–Crippen LogP) is 2.54. The second-order valence-electron chi connectivity index (χ2n) is 6.90. The quantitative estimate of drug-likeness (QED) is 0.773. The number of nitrogens with zero attached hydrogens (tertiary/aromatic N) is 1. The average molecular weight is 333 g/mol. The number of carbonyl (C=O) groups excluding carboxylic acids is 1. The summed E-state index contributed by atoms with van der Waals surface area (Å²) in [6, 6.07) is 16.2. The number of aromatic nitrogens is 1. The van der Waals surface area contributed by atoms with E-state index in [4.69, 9.17) is 4.52 Å². The van der Waals surface area contributed by atoms with E-state index in [1.807, 2.05) is 24.3 Å². The van der Waals surface area contributed by atoms with E-state index in [1.165, 1.54) is 11.1 Å². The molecule has 1 aromatic heterocycles. The number of nitrogens with one attached hydrogen (secondary N) is 2. The Bertz CT molecular complexity index is 949. The van der Waals surface area contributed by atoms with Crippen LogP contribution in [0.3, 0.4) is 0 Å². The summed E-state index contributed by atoms with van der Waals surface area (Å²) >= 11 is 0. The highest BCUT2D eigenvalue weighted by atomic mass is 16.5. The smallest absolute Gasteiger partial charge is 0.226 e. The SMILES string of the molecule is O=C(Cc1noc2ccccc12)N[C@H]1c2ccccc2[C@@H]2CNC[C@@H]21. The molecule has 5 nitrogen and oxygen atoms in total. The molecule has 1 aliphatic carbocycles. The van der Waals surface area contributed by atoms with E-state index in [1.54, 1.807) is 0 Å². The number of rotatable bonds is 3. The minimum absolute atomic E-state index is 0.00796. The summed E-state index contributed by atoms with van der Waals surface area (Å²) in [5, 5.41) is 11.7. The molecule has 0 saturated carbocycles. The Morgan fingerprint density at radius 1 is 1.12 bits per heavy atom. The first-order valence-corrected chi connectivity index (χ1v) is 8.73. The van der Waals surface area contributed by atoms with Crippen LogP contribution in [0, 0.1) is 5.92 Å². The minimum atomic E-state index is -0.00796. The number of benzene rings is 2. The molecule has 5 heteroatoms. The van der Waals surface area contributed by atoms with Gasteiger partial charge in [0.2, 0.25) is 5.91 Å². The maximum absolute atomic E-state index is 12.7. The molecule has 3 aromatic rings. The molecule has 25 heavy (non-hydrogen) atoms. The molecule has 1 amide bonds. The summed E-state index contributed by atoms with van der Waals surface area (Å²) < 4.78 is 5.31. The Kier molecular flexibility index (Phi) is 3.35. The van der Waals surface area contributed by atoms with Gasteiger partial charge in [-0.15, -0.1) is 0 Å². The second-order valence-corrected chi connectivity index (χ2v) is 6.90. The molecule has 0 unspecified atom stereocenters. The molecular formula is C20H19N3O2. The van der Waals surface area contributed by atoms with E-state index < -0.39 is 0 Å². The number of amides is 1. The van der Waals surface area contributed by atoms with Crippen molar-refractivity contribution in [2.45, 2.75) is 18.4 Å². The molecule has 0 spiro atoms. The fourth-order valence-electron chi connectivity index (χ4n) is 4.38. The van der Waals surface area contributed by atoms with Crippen molar-refractivity contribution < 1.29 is 9.32 Å². The van der Waals surface area contributed by atoms with Crippen LogP contribution in [-0.4, -0.2) is 24.2 Å². The lowest BCUT2D eigenvalue weighted by atomic mass is 9.94. The van der Waals surface area contributed by atoms with Crippen LogP contribution < -0.4 is 10.6 Å². The van der Waals surface area contributed by atoms with E-state index in [0.29, 0.717) is 17.5 Å². The van der Waals surface area contributed by atoms with Gasteiger partial charge in [-0.25, -0.2) is 0 Å². The van der Waals surface area contributed by atoms with Gasteiger partial charge >= 0.3 is 0 Å². The molecule has 2 heterocycles. The summed E-state index contributed by atoms with van der Waals surface area (Å²) in [7, 11) is 0. The van der Waals surface area contributed by atoms with Crippen molar-refractivity contribution in [3.05, 3.63) is 65.4 Å². The van der Waals surface area contributed by atoms with Crippen LogP contribution >= 0.6 is 0 Å². The van der Waals surface area contributed by atoms with E-state index in [9.17, 15) is 4.79 Å². The minimum Gasteiger partial charge on any atom is -0.356 e. The molecule has 1 fully saturated rings. The van der Waals surface area contributed by atoms with E-state index in [-0.39, 0.29) is 18.4 Å². The van der Waals surface area contributed by atoms with Gasteiger partial charge < -0.3 is 15.2 Å². The van der Waals surface area contributed by atoms with Gasteiger partial charge in [0, 0.05) is 30.3 Å². The maximum Gasteiger partial charge on any atom is 0.226 e. The van der Waals surface area contributed by atoms with Crippen LogP contribution in [0.4, 0.5) is 0 Å². The summed E-state index contributed by atoms with van der Waals surface area (Å²) in [5.74, 6) is 0.913. The number of fused-ring (bicyclic) bond motifs is 4. The molecule has 1 aliphatic heterocycles. The fourth-order valence-corrected chi connectivity index (χ4v) is 4.38. The second kappa shape index (κ2) is 5.70. The highest BCUT2D eigenvalue weighted by Gasteiger charge is 2.43. The van der Waals surface area contributed by atoms with Crippen molar-refractivity contribution >= 4 is 16.9 Å². The van der Waals surface area contributed by atoms with Gasteiger partial charge in [-0.3, -0.25) is 4.79 Å². The van der Waals surface area contributed by atoms with Gasteiger partial charge in [0.05, 0.1) is 12.5 Å². The number of carbonyl (C=O) groups is 1. The van der Waals surface area contributed by atoms with E-state index >= 15 is 0 Å². The Morgan fingerprint density at radius 2 is 1.92 bits per heavy atom. The zero-order valence-corrected chi connectivity index (χ0v) is 13.7. The van der Waals surface area contributed by atoms with Gasteiger partial charge in [-0.1, -0.05) is 41.6 Å². The standard InChI is InChI=1S/C20H19N3O2/c24-19(9-17-14-7-3-4-8-18(14)25-23-17)22-20-13-6-2-1-5-12(13)15-10-21-11-16(15)20/h1-8,15-16,20-21H,9-11H2,(H,22,24)/t15-,16-,20-/m0/s1. The maximum atomic E-state index is 12.7. The molecule has 0 bridgehead atoms. The Hall–Kier alpha value is -2.66. The highest BCUT2D eigenvalue weighted by molar-refractivity contribution is 5.86. The summed E-state index contributed by atoms with van der Waals surface area (Å²) in [6.45, 7) is 1.93. The summed E-state index contributed by atoms with van der Waals surface area (Å²) in [5.41, 5.74) is 4.05. The molecule has 2 aliphatic rings. The lowest BCUT2D eigenvalue weighted by Crippen LogP contribution is -2.34. The van der Waals surface area contributed by atoms with Gasteiger partial charge in [0.15, 0.2) is 5.58 Å². The molecule has 126 valence electrons. The zero-order chi connectivity index (χ0) is 16.8. The lowest BCUT2D eigenvalue weighted by Gasteiger charge is -2.20.